The van der Waals surface area contributed by atoms with Gasteiger partial charge in [0.15, 0.2) is 0 Å². The zero-order valence-corrected chi connectivity index (χ0v) is 10.9. The van der Waals surface area contributed by atoms with Crippen LogP contribution in [0.15, 0.2) is 18.2 Å². The zero-order chi connectivity index (χ0) is 12.4. The molecule has 0 aliphatic rings. The van der Waals surface area contributed by atoms with Crippen molar-refractivity contribution in [3.05, 3.63) is 29.5 Å². The number of hydrogen-bond acceptors (Lipinski definition) is 2. The van der Waals surface area contributed by atoms with Crippen LogP contribution in [-0.4, -0.2) is 18.6 Å². The monoisotopic (exact) mass is 232 g/mol. The van der Waals surface area contributed by atoms with Gasteiger partial charge in [-0.05, 0) is 44.2 Å². The second-order valence-electron chi connectivity index (χ2n) is 4.35. The maximum atomic E-state index is 5.29. The molecule has 1 unspecified atom stereocenters. The molecule has 17 heavy (non-hydrogen) atoms. The molecule has 0 aliphatic carbocycles. The normalized spacial score (nSPS) is 12.9. The lowest BCUT2D eigenvalue weighted by Gasteiger charge is -2.13. The van der Waals surface area contributed by atoms with Gasteiger partial charge in [0.05, 0.1) is 7.11 Å². The Balaban J connectivity index is 2.55. The van der Waals surface area contributed by atoms with Crippen molar-refractivity contribution in [2.24, 2.45) is 0 Å². The van der Waals surface area contributed by atoms with E-state index >= 15 is 0 Å². The number of rotatable bonds is 4. The van der Waals surface area contributed by atoms with Gasteiger partial charge in [-0.25, -0.2) is 0 Å². The molecule has 0 radical (unpaired) electrons. The van der Waals surface area contributed by atoms with E-state index in [2.05, 4.69) is 43.2 Å². The van der Waals surface area contributed by atoms with Gasteiger partial charge in [-0.2, -0.15) is 0 Å². The van der Waals surface area contributed by atoms with E-state index in [0.717, 1.165) is 12.3 Å². The Bertz CT molecular complexity index is 516. The average Bonchev–Trinajstić information content (AvgIpc) is 2.64. The zero-order valence-electron chi connectivity index (χ0n) is 10.9. The van der Waals surface area contributed by atoms with Crippen LogP contribution in [0.3, 0.4) is 0 Å². The number of aromatic amines is 1. The highest BCUT2D eigenvalue weighted by Crippen LogP contribution is 2.30. The summed E-state index contributed by atoms with van der Waals surface area (Å²) in [6, 6.07) is 6.51. The number of benzene rings is 1. The van der Waals surface area contributed by atoms with E-state index in [9.17, 15) is 0 Å². The Labute approximate surface area is 102 Å². The summed E-state index contributed by atoms with van der Waals surface area (Å²) in [7, 11) is 1.70. The lowest BCUT2D eigenvalue weighted by Crippen LogP contribution is -2.18. The molecular weight excluding hydrogens is 212 g/mol. The first kappa shape index (κ1) is 12.0. The number of H-pyrrole nitrogens is 1. The molecule has 1 atom stereocenters. The lowest BCUT2D eigenvalue weighted by atomic mass is 10.0. The van der Waals surface area contributed by atoms with Crippen molar-refractivity contribution in [1.29, 1.82) is 0 Å². The largest absolute Gasteiger partial charge is 0.497 e. The van der Waals surface area contributed by atoms with Gasteiger partial charge in [0.25, 0.3) is 0 Å². The van der Waals surface area contributed by atoms with Gasteiger partial charge >= 0.3 is 0 Å². The maximum Gasteiger partial charge on any atom is 0.119 e. The number of aryl methyl sites for hydroxylation is 1. The second-order valence-corrected chi connectivity index (χ2v) is 4.35. The molecule has 0 amide bonds. The summed E-state index contributed by atoms with van der Waals surface area (Å²) in [5.74, 6) is 0.904. The molecule has 0 bridgehead atoms. The number of hydrogen-bond donors (Lipinski definition) is 2. The minimum Gasteiger partial charge on any atom is -0.497 e. The summed E-state index contributed by atoms with van der Waals surface area (Å²) < 4.78 is 5.29. The molecule has 2 N–H and O–H groups in total. The van der Waals surface area contributed by atoms with Crippen LogP contribution < -0.4 is 10.1 Å². The van der Waals surface area contributed by atoms with E-state index in [0.29, 0.717) is 6.04 Å². The highest BCUT2D eigenvalue weighted by molar-refractivity contribution is 5.86. The standard InChI is InChI=1S/C14H20N2O/c1-5-15-9(2)14-10(3)16-13-7-6-11(17-4)8-12(13)14/h6-9,15-16H,5H2,1-4H3. The molecule has 1 aromatic carbocycles. The van der Waals surface area contributed by atoms with Crippen molar-refractivity contribution in [3.8, 4) is 5.75 Å². The lowest BCUT2D eigenvalue weighted by molar-refractivity contribution is 0.415. The van der Waals surface area contributed by atoms with E-state index in [1.54, 1.807) is 7.11 Å². The molecule has 92 valence electrons. The Morgan fingerprint density at radius 2 is 2.18 bits per heavy atom. The summed E-state index contributed by atoms with van der Waals surface area (Å²) in [5.41, 5.74) is 3.73. The molecule has 2 rings (SSSR count). The van der Waals surface area contributed by atoms with Crippen molar-refractivity contribution in [3.63, 3.8) is 0 Å². The summed E-state index contributed by atoms with van der Waals surface area (Å²) in [4.78, 5) is 3.42. The predicted octanol–water partition coefficient (Wildman–Crippen LogP) is 3.16. The van der Waals surface area contributed by atoms with Crippen molar-refractivity contribution >= 4 is 10.9 Å². The molecule has 1 heterocycles. The SMILES string of the molecule is CCNC(C)c1c(C)[nH]c2ccc(OC)cc12. The fourth-order valence-electron chi connectivity index (χ4n) is 2.42. The third-order valence-electron chi connectivity index (χ3n) is 3.19. The minimum absolute atomic E-state index is 0.348. The molecule has 0 spiro atoms. The van der Waals surface area contributed by atoms with Crippen molar-refractivity contribution in [2.45, 2.75) is 26.8 Å². The first-order chi connectivity index (χ1) is 8.17. The van der Waals surface area contributed by atoms with Gasteiger partial charge < -0.3 is 15.0 Å². The van der Waals surface area contributed by atoms with Crippen LogP contribution in [0.2, 0.25) is 0 Å². The van der Waals surface area contributed by atoms with E-state index < -0.39 is 0 Å². The van der Waals surface area contributed by atoms with Crippen LogP contribution >= 0.6 is 0 Å². The van der Waals surface area contributed by atoms with Gasteiger partial charge in [-0.3, -0.25) is 0 Å². The van der Waals surface area contributed by atoms with Crippen LogP contribution in [0.4, 0.5) is 0 Å². The molecule has 1 aromatic heterocycles. The summed E-state index contributed by atoms with van der Waals surface area (Å²) in [6.45, 7) is 7.41. The van der Waals surface area contributed by atoms with Crippen LogP contribution in [0.1, 0.15) is 31.1 Å². The fraction of sp³-hybridized carbons (Fsp3) is 0.429. The molecule has 2 aromatic rings. The quantitative estimate of drug-likeness (QED) is 0.849. The number of ether oxygens (including phenoxy) is 1. The van der Waals surface area contributed by atoms with Crippen LogP contribution in [0, 0.1) is 6.92 Å². The van der Waals surface area contributed by atoms with Crippen LogP contribution in [-0.2, 0) is 0 Å². The second kappa shape index (κ2) is 4.80. The number of aromatic nitrogens is 1. The predicted molar refractivity (Wildman–Crippen MR) is 71.7 cm³/mol. The van der Waals surface area contributed by atoms with Crippen molar-refractivity contribution < 1.29 is 4.74 Å². The highest BCUT2D eigenvalue weighted by atomic mass is 16.5. The van der Waals surface area contributed by atoms with Gasteiger partial charge in [-0.1, -0.05) is 6.92 Å². The van der Waals surface area contributed by atoms with Gasteiger partial charge in [0.1, 0.15) is 5.75 Å². The Kier molecular flexibility index (Phi) is 3.38. The van der Waals surface area contributed by atoms with Crippen molar-refractivity contribution in [2.75, 3.05) is 13.7 Å². The molecule has 0 saturated heterocycles. The molecule has 0 saturated carbocycles. The topological polar surface area (TPSA) is 37.0 Å². The molecule has 3 heteroatoms. The van der Waals surface area contributed by atoms with Crippen molar-refractivity contribution in [1.82, 2.24) is 10.3 Å². The van der Waals surface area contributed by atoms with E-state index in [1.807, 2.05) is 6.07 Å². The van der Waals surface area contributed by atoms with E-state index in [1.165, 1.54) is 22.2 Å². The van der Waals surface area contributed by atoms with Gasteiger partial charge in [-0.15, -0.1) is 0 Å². The molecular formula is C14H20N2O. The number of nitrogens with one attached hydrogen (secondary N) is 2. The van der Waals surface area contributed by atoms with Crippen LogP contribution in [0.5, 0.6) is 5.75 Å². The third-order valence-corrected chi connectivity index (χ3v) is 3.19. The van der Waals surface area contributed by atoms with Gasteiger partial charge in [0, 0.05) is 22.6 Å². The van der Waals surface area contributed by atoms with Crippen LogP contribution in [0.25, 0.3) is 10.9 Å². The first-order valence-electron chi connectivity index (χ1n) is 6.07. The number of methoxy groups -OCH3 is 1. The van der Waals surface area contributed by atoms with E-state index in [-0.39, 0.29) is 0 Å². The first-order valence-corrected chi connectivity index (χ1v) is 6.07. The van der Waals surface area contributed by atoms with E-state index in [4.69, 9.17) is 4.74 Å². The summed E-state index contributed by atoms with van der Waals surface area (Å²) in [6.07, 6.45) is 0. The molecule has 3 nitrogen and oxygen atoms in total. The smallest absolute Gasteiger partial charge is 0.119 e. The molecule has 0 fully saturated rings. The minimum atomic E-state index is 0.348. The maximum absolute atomic E-state index is 5.29. The summed E-state index contributed by atoms with van der Waals surface area (Å²) in [5, 5.41) is 4.70. The third kappa shape index (κ3) is 2.15. The highest BCUT2D eigenvalue weighted by Gasteiger charge is 2.14. The molecule has 0 aliphatic heterocycles. The number of fused-ring (bicyclic) bond motifs is 1. The Morgan fingerprint density at radius 3 is 2.82 bits per heavy atom. The van der Waals surface area contributed by atoms with Gasteiger partial charge in [0.2, 0.25) is 0 Å². The average molecular weight is 232 g/mol. The summed E-state index contributed by atoms with van der Waals surface area (Å²) >= 11 is 0. The Hall–Kier alpha value is -1.48. The Morgan fingerprint density at radius 1 is 1.41 bits per heavy atom. The fourth-order valence-corrected chi connectivity index (χ4v) is 2.42.